The summed E-state index contributed by atoms with van der Waals surface area (Å²) >= 11 is 0. The fourth-order valence-corrected chi connectivity index (χ4v) is 2.35. The second-order valence-electron chi connectivity index (χ2n) is 5.87. The summed E-state index contributed by atoms with van der Waals surface area (Å²) in [6.07, 6.45) is 0. The Morgan fingerprint density at radius 1 is 0.750 bits per heavy atom. The normalized spacial score (nSPS) is 11.0. The molecule has 0 aliphatic rings. The van der Waals surface area contributed by atoms with E-state index in [1.807, 2.05) is 62.6 Å². The van der Waals surface area contributed by atoms with Crippen LogP contribution in [0.4, 0.5) is 17.1 Å². The Hall–Kier alpha value is -2.41. The predicted molar refractivity (Wildman–Crippen MR) is 117 cm³/mol. The minimum atomic E-state index is -3.72. The third-order valence-electron chi connectivity index (χ3n) is 3.63. The molecule has 0 saturated carbocycles. The van der Waals surface area contributed by atoms with Crippen molar-refractivity contribution in [2.45, 2.75) is 0 Å². The molecule has 0 aliphatic carbocycles. The molecule has 3 aromatic rings. The molecule has 28 heavy (non-hydrogen) atoms. The van der Waals surface area contributed by atoms with Gasteiger partial charge in [0.2, 0.25) is 0 Å². The molecule has 3 aromatic carbocycles. The average Bonchev–Trinajstić information content (AvgIpc) is 2.66. The van der Waals surface area contributed by atoms with E-state index < -0.39 is 8.26 Å². The standard InChI is InChI=1S/C20H19N3.Cl2O2S/c1-23(2)18-14-12-16(13-15-18)19-10-6-7-11-20(19)22-21-17-8-4-3-5-9-17;1-5(2,3)4/h3-15H,1-2H3;. The Morgan fingerprint density at radius 3 is 1.86 bits per heavy atom. The largest absolute Gasteiger partial charge is 0.378 e. The number of hydrogen-bond donors (Lipinski definition) is 0. The molecule has 146 valence electrons. The fourth-order valence-electron chi connectivity index (χ4n) is 2.35. The van der Waals surface area contributed by atoms with Crippen molar-refractivity contribution >= 4 is 46.7 Å². The Kier molecular flexibility index (Phi) is 7.99. The maximum atomic E-state index is 9.16. The topological polar surface area (TPSA) is 62.1 Å². The Labute approximate surface area is 174 Å². The van der Waals surface area contributed by atoms with Crippen LogP contribution >= 0.6 is 21.4 Å². The molecule has 0 fully saturated rings. The Balaban J connectivity index is 0.000000500. The van der Waals surface area contributed by atoms with E-state index in [4.69, 9.17) is 8.42 Å². The van der Waals surface area contributed by atoms with Crippen LogP contribution in [-0.2, 0) is 8.26 Å². The predicted octanol–water partition coefficient (Wildman–Crippen LogP) is 6.54. The molecule has 0 atom stereocenters. The molecule has 0 radical (unpaired) electrons. The first kappa shape index (κ1) is 21.9. The Morgan fingerprint density at radius 2 is 1.29 bits per heavy atom. The van der Waals surface area contributed by atoms with E-state index in [-0.39, 0.29) is 0 Å². The average molecular weight is 436 g/mol. The SMILES string of the molecule is CN(C)c1ccc(-c2ccccc2N=Nc2ccccc2)cc1.O=S(=O)(Cl)Cl. The minimum Gasteiger partial charge on any atom is -0.378 e. The summed E-state index contributed by atoms with van der Waals surface area (Å²) in [5.74, 6) is 0. The number of anilines is 1. The molecule has 0 aromatic heterocycles. The fraction of sp³-hybridized carbons (Fsp3) is 0.100. The van der Waals surface area contributed by atoms with Gasteiger partial charge in [0.05, 0.1) is 11.4 Å². The maximum absolute atomic E-state index is 9.16. The number of nitrogens with zero attached hydrogens (tertiary/aromatic N) is 3. The van der Waals surface area contributed by atoms with Crippen LogP contribution in [0.25, 0.3) is 11.1 Å². The number of azo groups is 1. The van der Waals surface area contributed by atoms with Crippen LogP contribution < -0.4 is 4.90 Å². The first-order valence-corrected chi connectivity index (χ1v) is 11.4. The van der Waals surface area contributed by atoms with E-state index in [2.05, 4.69) is 66.8 Å². The van der Waals surface area contributed by atoms with Crippen LogP contribution in [0.1, 0.15) is 0 Å². The summed E-state index contributed by atoms with van der Waals surface area (Å²) < 4.78 is 18.3. The van der Waals surface area contributed by atoms with Gasteiger partial charge in [-0.3, -0.25) is 0 Å². The first-order valence-electron chi connectivity index (χ1n) is 8.22. The zero-order valence-electron chi connectivity index (χ0n) is 15.3. The van der Waals surface area contributed by atoms with E-state index in [0.717, 1.165) is 22.5 Å². The van der Waals surface area contributed by atoms with Gasteiger partial charge < -0.3 is 4.90 Å². The summed E-state index contributed by atoms with van der Waals surface area (Å²) in [6, 6.07) is 26.3. The lowest BCUT2D eigenvalue weighted by Crippen LogP contribution is -2.07. The van der Waals surface area contributed by atoms with Gasteiger partial charge in [-0.1, -0.05) is 48.5 Å². The van der Waals surface area contributed by atoms with E-state index in [1.165, 1.54) is 5.69 Å². The molecule has 0 aliphatic heterocycles. The zero-order chi connectivity index (χ0) is 20.6. The highest BCUT2D eigenvalue weighted by molar-refractivity contribution is 8.31. The van der Waals surface area contributed by atoms with Crippen LogP contribution in [0.15, 0.2) is 89.1 Å². The van der Waals surface area contributed by atoms with Crippen LogP contribution in [-0.4, -0.2) is 22.5 Å². The first-order chi connectivity index (χ1) is 13.2. The highest BCUT2D eigenvalue weighted by Gasteiger charge is 2.04. The van der Waals surface area contributed by atoms with Crippen molar-refractivity contribution < 1.29 is 8.42 Å². The third kappa shape index (κ3) is 7.68. The highest BCUT2D eigenvalue weighted by atomic mass is 36.0. The van der Waals surface area contributed by atoms with Crippen molar-refractivity contribution in [2.24, 2.45) is 10.2 Å². The molecule has 0 heterocycles. The maximum Gasteiger partial charge on any atom is 0.317 e. The summed E-state index contributed by atoms with van der Waals surface area (Å²) in [4.78, 5) is 2.09. The molecule has 5 nitrogen and oxygen atoms in total. The van der Waals surface area contributed by atoms with Gasteiger partial charge in [0.15, 0.2) is 0 Å². The minimum absolute atomic E-state index is 0.852. The molecule has 8 heteroatoms. The summed E-state index contributed by atoms with van der Waals surface area (Å²) in [7, 11) is 8.89. The molecule has 0 spiro atoms. The highest BCUT2D eigenvalue weighted by Crippen LogP contribution is 2.32. The van der Waals surface area contributed by atoms with Crippen molar-refractivity contribution in [3.8, 4) is 11.1 Å². The van der Waals surface area contributed by atoms with Gasteiger partial charge in [0.25, 0.3) is 0 Å². The van der Waals surface area contributed by atoms with Gasteiger partial charge in [-0.05, 0) is 35.9 Å². The summed E-state index contributed by atoms with van der Waals surface area (Å²) in [6.45, 7) is 0. The molecular formula is C20H19Cl2N3O2S. The van der Waals surface area contributed by atoms with Gasteiger partial charge >= 0.3 is 8.26 Å². The van der Waals surface area contributed by atoms with E-state index in [9.17, 15) is 0 Å². The molecule has 0 N–H and O–H groups in total. The number of halogens is 2. The molecule has 3 rings (SSSR count). The third-order valence-corrected chi connectivity index (χ3v) is 3.63. The molecule has 0 bridgehead atoms. The molecule has 0 saturated heterocycles. The zero-order valence-corrected chi connectivity index (χ0v) is 17.7. The lowest BCUT2D eigenvalue weighted by Gasteiger charge is -2.13. The number of rotatable bonds is 4. The van der Waals surface area contributed by atoms with Gasteiger partial charge in [0.1, 0.15) is 0 Å². The van der Waals surface area contributed by atoms with Crippen LogP contribution in [0.3, 0.4) is 0 Å². The van der Waals surface area contributed by atoms with E-state index >= 15 is 0 Å². The van der Waals surface area contributed by atoms with E-state index in [1.54, 1.807) is 0 Å². The van der Waals surface area contributed by atoms with Crippen molar-refractivity contribution in [1.82, 2.24) is 0 Å². The second kappa shape index (κ2) is 10.2. The monoisotopic (exact) mass is 435 g/mol. The van der Waals surface area contributed by atoms with Gasteiger partial charge in [-0.15, -0.1) is 5.11 Å². The van der Waals surface area contributed by atoms with Crippen molar-refractivity contribution in [3.05, 3.63) is 78.9 Å². The van der Waals surface area contributed by atoms with Crippen molar-refractivity contribution in [2.75, 3.05) is 19.0 Å². The van der Waals surface area contributed by atoms with Gasteiger partial charge in [-0.25, -0.2) is 0 Å². The lowest BCUT2D eigenvalue weighted by atomic mass is 10.0. The van der Waals surface area contributed by atoms with Crippen molar-refractivity contribution in [3.63, 3.8) is 0 Å². The van der Waals surface area contributed by atoms with Gasteiger partial charge in [-0.2, -0.15) is 13.5 Å². The summed E-state index contributed by atoms with van der Waals surface area (Å²) in [5.41, 5.74) is 5.12. The van der Waals surface area contributed by atoms with Gasteiger partial charge in [0, 0.05) is 46.7 Å². The smallest absolute Gasteiger partial charge is 0.317 e. The Bertz CT molecular complexity index is 1010. The quantitative estimate of drug-likeness (QED) is 0.344. The lowest BCUT2D eigenvalue weighted by molar-refractivity contribution is 0.621. The molecule has 0 amide bonds. The molecule has 0 unspecified atom stereocenters. The summed E-state index contributed by atoms with van der Waals surface area (Å²) in [5, 5.41) is 8.75. The number of hydrogen-bond acceptors (Lipinski definition) is 5. The molecular weight excluding hydrogens is 417 g/mol. The number of benzene rings is 3. The second-order valence-corrected chi connectivity index (χ2v) is 9.54. The van der Waals surface area contributed by atoms with Crippen LogP contribution in [0.5, 0.6) is 0 Å². The van der Waals surface area contributed by atoms with Crippen molar-refractivity contribution in [1.29, 1.82) is 0 Å². The van der Waals surface area contributed by atoms with Crippen LogP contribution in [0, 0.1) is 0 Å². The van der Waals surface area contributed by atoms with Crippen LogP contribution in [0.2, 0.25) is 0 Å². The van der Waals surface area contributed by atoms with E-state index in [0.29, 0.717) is 0 Å².